The Kier molecular flexibility index (Phi) is 28.3. The number of aliphatic hydroxyl groups excluding tert-OH is 3. The molecule has 3 unspecified atom stereocenters. The number of thioether (sulfide) groups is 2. The molecule has 13 atom stereocenters. The minimum Gasteiger partial charge on any atom is -0.489 e. The number of ether oxygens (including phenoxy) is 1. The molecular weight excluding hydrogens is 1460 g/mol. The third kappa shape index (κ3) is 20.9. The number of nitrogens with two attached hydrogens (primary N) is 1. The summed E-state index contributed by atoms with van der Waals surface area (Å²) in [6.45, 7) is 6.03. The molecule has 2 bridgehead atoms. The van der Waals surface area contributed by atoms with Crippen molar-refractivity contribution in [3.05, 3.63) is 124 Å². The fraction of sp³-hybridized carbons (Fsp3) is 0.440. The number of amides is 11. The topological polar surface area (TPSA) is 458 Å². The third-order valence-electron chi connectivity index (χ3n) is 19.3. The van der Waals surface area contributed by atoms with Crippen LogP contribution >= 0.6 is 23.5 Å². The number of ketones is 3. The van der Waals surface area contributed by atoms with E-state index >= 15 is 4.21 Å². The fourth-order valence-corrected chi connectivity index (χ4v) is 16.5. The van der Waals surface area contributed by atoms with Gasteiger partial charge in [-0.25, -0.2) is 0 Å². The zero-order chi connectivity index (χ0) is 78.4. The maximum absolute atomic E-state index is 15.3. The lowest BCUT2D eigenvalue weighted by Crippen LogP contribution is -2.56. The van der Waals surface area contributed by atoms with E-state index in [9.17, 15) is 82.4 Å². The molecule has 13 N–H and O–H groups in total. The smallest absolute Gasteiger partial charge is 0.269 e. The second-order valence-electron chi connectivity index (χ2n) is 27.8. The Labute approximate surface area is 633 Å². The van der Waals surface area contributed by atoms with Crippen LogP contribution in [0.15, 0.2) is 128 Å². The van der Waals surface area contributed by atoms with Gasteiger partial charge >= 0.3 is 0 Å². The van der Waals surface area contributed by atoms with Gasteiger partial charge in [-0.3, -0.25) is 76.2 Å². The van der Waals surface area contributed by atoms with Gasteiger partial charge in [0.1, 0.15) is 36.0 Å². The summed E-state index contributed by atoms with van der Waals surface area (Å²) in [5.41, 5.74) is 6.97. The van der Waals surface area contributed by atoms with E-state index in [0.29, 0.717) is 32.8 Å². The van der Waals surface area contributed by atoms with Gasteiger partial charge in [-0.2, -0.15) is 0 Å². The highest BCUT2D eigenvalue weighted by Crippen LogP contribution is 2.43. The Morgan fingerprint density at radius 3 is 1.96 bits per heavy atom. The van der Waals surface area contributed by atoms with Gasteiger partial charge in [-0.15, -0.1) is 0 Å². The number of anilines is 1. The average molecular weight is 1540 g/mol. The summed E-state index contributed by atoms with van der Waals surface area (Å²) in [5.74, 6) is -18.5. The van der Waals surface area contributed by atoms with Crippen LogP contribution in [0.1, 0.15) is 91.2 Å². The van der Waals surface area contributed by atoms with Crippen molar-refractivity contribution in [3.63, 3.8) is 0 Å². The van der Waals surface area contributed by atoms with Crippen molar-refractivity contribution in [1.82, 2.24) is 46.7 Å². The van der Waals surface area contributed by atoms with Gasteiger partial charge in [0.05, 0.1) is 87.8 Å². The normalized spacial score (nSPS) is 23.1. The molecule has 1 saturated heterocycles. The summed E-state index contributed by atoms with van der Waals surface area (Å²) < 4.78 is 21.5. The number of aromatic nitrogens is 1. The van der Waals surface area contributed by atoms with Crippen molar-refractivity contribution >= 4 is 133 Å². The molecule has 5 aromatic rings. The Hall–Kier alpha value is -9.93. The van der Waals surface area contributed by atoms with Crippen LogP contribution in [0.5, 0.6) is 5.75 Å². The fourth-order valence-electron chi connectivity index (χ4n) is 13.0. The third-order valence-corrected chi connectivity index (χ3v) is 23.1. The molecule has 576 valence electrons. The standard InChI is InChI=1S/C75H89N11O19S3/c1-7-39(4)64-71(100)78-31-60(94)80-53-37-108(104)72-51(25-43(69(98)77-32-61(95)82-64)26-57(91)65(41(6)58(92)35-87)84-70(99)54-29-46(88)33-85(54)73(101)44(27-55(53)89)28-59(76)93)50-23-22-47(30-52(50)81-72)105-36-42-18-20-45(21-19-42)79-68(97)40(5)24-56(90)63(38(2)3)83-62(96)34-86-74(102)66(106-48-14-10-8-11-15-48)67(75(86)103)107-49-16-12-9-13-17-49/h8-23,30,38-41,43-44,46,53-54,58,63-65,81,87-88,92H,7,24-29,31-37H2,1-6H3,(H2,76,93)(H,77,98)(H,78,100)(H,79,97)(H,80,94)(H,82,95)(H,83,96)(H,84,99)/t39-,40+,41-,43-,44?,46+,53-,54?,58-,63-,64-,65-,108?/m0/s1. The number of fused-ring (bicyclic) bond motifs is 5. The molecule has 108 heavy (non-hydrogen) atoms. The molecule has 4 aliphatic heterocycles. The van der Waals surface area contributed by atoms with Gasteiger partial charge in [0.15, 0.2) is 17.3 Å². The minimum absolute atomic E-state index is 0.0725. The van der Waals surface area contributed by atoms with Crippen LogP contribution in [0.4, 0.5) is 5.69 Å². The van der Waals surface area contributed by atoms with Gasteiger partial charge < -0.3 is 72.9 Å². The van der Waals surface area contributed by atoms with E-state index in [-0.39, 0.29) is 44.7 Å². The Balaban J connectivity index is 0.943. The lowest BCUT2D eigenvalue weighted by molar-refractivity contribution is -0.145. The van der Waals surface area contributed by atoms with Crippen molar-refractivity contribution < 1.29 is 91.4 Å². The molecule has 0 radical (unpaired) electrons. The van der Waals surface area contributed by atoms with E-state index in [1.54, 1.807) is 120 Å². The Morgan fingerprint density at radius 1 is 0.741 bits per heavy atom. The summed E-state index contributed by atoms with van der Waals surface area (Å²) in [6, 6.07) is 21.8. The number of hydrogen-bond acceptors (Lipinski definition) is 21. The van der Waals surface area contributed by atoms with Gasteiger partial charge in [-0.1, -0.05) is 120 Å². The molecule has 9 rings (SSSR count). The van der Waals surface area contributed by atoms with E-state index < -0.39 is 242 Å². The first-order valence-electron chi connectivity index (χ1n) is 35.4. The van der Waals surface area contributed by atoms with Crippen LogP contribution < -0.4 is 47.7 Å². The summed E-state index contributed by atoms with van der Waals surface area (Å²) in [7, 11) is -2.43. The maximum Gasteiger partial charge on any atom is 0.269 e. The number of rotatable bonds is 23. The number of hydrogen-bond donors (Lipinski definition) is 12. The molecule has 4 aliphatic rings. The number of imide groups is 1. The number of Topliss-reactive ketones (excluding diaryl/α,β-unsaturated/α-hetero) is 3. The summed E-state index contributed by atoms with van der Waals surface area (Å²) in [5, 5.41) is 50.4. The molecular formula is C75H89N11O19S3. The second kappa shape index (κ2) is 37.3. The van der Waals surface area contributed by atoms with E-state index in [1.807, 2.05) is 12.1 Å². The number of nitrogens with one attached hydrogen (secondary N) is 8. The predicted octanol–water partition coefficient (Wildman–Crippen LogP) is 1.97. The number of carbonyl (C=O) groups is 14. The first kappa shape index (κ1) is 82.1. The number of benzene rings is 4. The summed E-state index contributed by atoms with van der Waals surface area (Å²) >= 11 is 2.22. The van der Waals surface area contributed by atoms with Crippen molar-refractivity contribution in [3.8, 4) is 5.75 Å². The summed E-state index contributed by atoms with van der Waals surface area (Å²) in [6.07, 6.45) is -6.26. The molecule has 4 aromatic carbocycles. The molecule has 30 nitrogen and oxygen atoms in total. The molecule has 5 heterocycles. The summed E-state index contributed by atoms with van der Waals surface area (Å²) in [4.78, 5) is 204. The van der Waals surface area contributed by atoms with Gasteiger partial charge in [0.25, 0.3) is 11.8 Å². The molecule has 33 heteroatoms. The van der Waals surface area contributed by atoms with E-state index in [2.05, 4.69) is 42.2 Å². The monoisotopic (exact) mass is 1540 g/mol. The van der Waals surface area contributed by atoms with Gasteiger partial charge in [-0.05, 0) is 77.9 Å². The van der Waals surface area contributed by atoms with Crippen molar-refractivity contribution in [2.24, 2.45) is 41.2 Å². The number of aromatic amines is 1. The zero-order valence-corrected chi connectivity index (χ0v) is 62.7. The number of primary amides is 1. The van der Waals surface area contributed by atoms with Crippen LogP contribution in [-0.4, -0.2) is 198 Å². The quantitative estimate of drug-likeness (QED) is 0.0416. The Bertz CT molecular complexity index is 4270. The Morgan fingerprint density at radius 2 is 1.36 bits per heavy atom. The highest BCUT2D eigenvalue weighted by atomic mass is 32.2. The molecule has 0 saturated carbocycles. The maximum atomic E-state index is 15.3. The lowest BCUT2D eigenvalue weighted by atomic mass is 9.85. The first-order chi connectivity index (χ1) is 51.4. The van der Waals surface area contributed by atoms with Crippen LogP contribution in [-0.2, 0) is 91.0 Å². The lowest BCUT2D eigenvalue weighted by Gasteiger charge is -2.32. The number of carbonyl (C=O) groups excluding carboxylic acids is 14. The van der Waals surface area contributed by atoms with E-state index in [0.717, 1.165) is 33.3 Å². The van der Waals surface area contributed by atoms with Crippen LogP contribution in [0.2, 0.25) is 0 Å². The van der Waals surface area contributed by atoms with Crippen molar-refractivity contribution in [2.45, 2.75) is 150 Å². The van der Waals surface area contributed by atoms with Crippen molar-refractivity contribution in [2.75, 3.05) is 43.9 Å². The van der Waals surface area contributed by atoms with Crippen molar-refractivity contribution in [1.29, 1.82) is 0 Å². The number of H-pyrrole nitrogens is 1. The number of nitrogens with zero attached hydrogens (tertiary/aromatic N) is 2. The first-order valence-corrected chi connectivity index (χ1v) is 38.4. The second-order valence-corrected chi connectivity index (χ2v) is 31.4. The van der Waals surface area contributed by atoms with Gasteiger partial charge in [0.2, 0.25) is 53.2 Å². The highest BCUT2D eigenvalue weighted by Gasteiger charge is 2.46. The molecule has 0 aliphatic carbocycles. The van der Waals surface area contributed by atoms with E-state index in [1.165, 1.54) is 13.0 Å². The van der Waals surface area contributed by atoms with Crippen LogP contribution in [0, 0.1) is 35.5 Å². The molecule has 0 spiro atoms. The van der Waals surface area contributed by atoms with Crippen LogP contribution in [0.25, 0.3) is 10.9 Å². The van der Waals surface area contributed by atoms with Crippen LogP contribution in [0.3, 0.4) is 0 Å². The largest absolute Gasteiger partial charge is 0.489 e. The zero-order valence-electron chi connectivity index (χ0n) is 60.3. The molecule has 1 aromatic heterocycles. The minimum atomic E-state index is -2.43. The van der Waals surface area contributed by atoms with Gasteiger partial charge in [0, 0.05) is 83.3 Å². The molecule has 11 amide bonds. The SMILES string of the molecule is CC[C@H](C)[C@@H]1NC(=O)CNC(=O)[C@@H]2CC(=O)[C@H]([C@@H](C)[C@@H](O)CO)NC(=O)C3C[C@@H](O)CN3C(=O)C(CC(N)=O)CC(=O)[C@H](CS(=O)c3[nH]c4cc(OCc5ccc(NC(=O)[C@H](C)CC(=O)[C@@H](NC(=O)CN6C(=O)C(Sc7ccccc7)=C(Sc7ccccc7)C6=O)C(C)C)cc5)ccc4c3C2)NC(=O)CNC1=O. The average Bonchev–Trinajstić information content (AvgIpc) is 1.55. The number of aliphatic hydroxyl groups is 3. The predicted molar refractivity (Wildman–Crippen MR) is 396 cm³/mol. The molecule has 1 fully saturated rings. The highest BCUT2D eigenvalue weighted by molar-refractivity contribution is 8.08. The van der Waals surface area contributed by atoms with E-state index in [4.69, 9.17) is 10.5 Å².